The molecule has 2 N–H and O–H groups in total. The van der Waals surface area contributed by atoms with E-state index in [0.717, 1.165) is 10.9 Å². The van der Waals surface area contributed by atoms with E-state index in [1.54, 1.807) is 18.3 Å². The summed E-state index contributed by atoms with van der Waals surface area (Å²) in [6.07, 6.45) is 1.13. The molecule has 0 radical (unpaired) electrons. The van der Waals surface area contributed by atoms with Crippen LogP contribution in [0.25, 0.3) is 10.9 Å². The number of fused-ring (bicyclic) bond motifs is 1. The minimum atomic E-state index is -1.04. The highest BCUT2D eigenvalue weighted by molar-refractivity contribution is 5.91. The first-order valence-corrected chi connectivity index (χ1v) is 9.01. The highest BCUT2D eigenvalue weighted by atomic mass is 16.6. The number of carbonyl (C=O) groups is 2. The average molecular weight is 376 g/mol. The Bertz CT molecular complexity index is 806. The number of esters is 1. The highest BCUT2D eigenvalue weighted by Gasteiger charge is 2.23. The van der Waals surface area contributed by atoms with Crippen LogP contribution in [0.15, 0.2) is 30.5 Å². The van der Waals surface area contributed by atoms with Gasteiger partial charge in [0.05, 0.1) is 18.7 Å². The molecule has 0 saturated heterocycles. The van der Waals surface area contributed by atoms with E-state index in [1.165, 1.54) is 4.57 Å². The first-order chi connectivity index (χ1) is 12.6. The minimum Gasteiger partial charge on any atom is -0.464 e. The Morgan fingerprint density at radius 1 is 1.26 bits per heavy atom. The number of benzene rings is 1. The van der Waals surface area contributed by atoms with Gasteiger partial charge < -0.3 is 14.9 Å². The first-order valence-electron chi connectivity index (χ1n) is 9.01. The summed E-state index contributed by atoms with van der Waals surface area (Å²) in [5, 5.41) is 19.6. The lowest BCUT2D eigenvalue weighted by Gasteiger charge is -2.29. The van der Waals surface area contributed by atoms with Crippen LogP contribution in [0.5, 0.6) is 0 Å². The molecule has 0 aliphatic carbocycles. The van der Waals surface area contributed by atoms with E-state index in [1.807, 2.05) is 44.7 Å². The fourth-order valence-electron chi connectivity index (χ4n) is 3.14. The fraction of sp³-hybridized carbons (Fsp3) is 0.500. The van der Waals surface area contributed by atoms with E-state index in [0.29, 0.717) is 18.5 Å². The van der Waals surface area contributed by atoms with Crippen molar-refractivity contribution in [3.8, 4) is 0 Å². The number of nitrogens with zero attached hydrogens (tertiary/aromatic N) is 2. The van der Waals surface area contributed by atoms with Crippen LogP contribution in [0.3, 0.4) is 0 Å². The summed E-state index contributed by atoms with van der Waals surface area (Å²) in [7, 11) is 0. The first kappa shape index (κ1) is 20.9. The normalized spacial score (nSPS) is 13.1. The summed E-state index contributed by atoms with van der Waals surface area (Å²) in [6, 6.07) is 7.24. The Morgan fingerprint density at radius 3 is 2.52 bits per heavy atom. The summed E-state index contributed by atoms with van der Waals surface area (Å²) >= 11 is 0. The van der Waals surface area contributed by atoms with E-state index >= 15 is 0 Å². The second-order valence-corrected chi connectivity index (χ2v) is 7.66. The fourth-order valence-corrected chi connectivity index (χ4v) is 3.14. The maximum Gasteiger partial charge on any atom is 0.416 e. The standard InChI is InChI=1S/C20H28N2O5/c1-14(21(9-10-23)13-18(24)27-20(2,3)4)11-15-12-22(19(25)26)17-8-6-5-7-16(15)17/h5-8,12,14,23H,9-11,13H2,1-4H3,(H,25,26)/t14-/m1/s1. The van der Waals surface area contributed by atoms with E-state index in [9.17, 15) is 19.8 Å². The SMILES string of the molecule is C[C@H](Cc1cn(C(=O)O)c2ccccc12)N(CCO)CC(=O)OC(C)(C)C. The van der Waals surface area contributed by atoms with E-state index < -0.39 is 11.7 Å². The molecular weight excluding hydrogens is 348 g/mol. The molecule has 0 saturated carbocycles. The Morgan fingerprint density at radius 2 is 1.93 bits per heavy atom. The van der Waals surface area contributed by atoms with Gasteiger partial charge in [0.2, 0.25) is 0 Å². The molecule has 0 fully saturated rings. The van der Waals surface area contributed by atoms with Gasteiger partial charge in [0, 0.05) is 24.2 Å². The molecule has 1 heterocycles. The average Bonchev–Trinajstić information content (AvgIpc) is 2.92. The number of hydrogen-bond acceptors (Lipinski definition) is 5. The van der Waals surface area contributed by atoms with Crippen LogP contribution in [-0.4, -0.2) is 63.1 Å². The van der Waals surface area contributed by atoms with Crippen LogP contribution in [-0.2, 0) is 16.0 Å². The zero-order valence-corrected chi connectivity index (χ0v) is 16.3. The molecule has 7 nitrogen and oxygen atoms in total. The number of aliphatic hydroxyl groups excluding tert-OH is 1. The molecule has 2 rings (SSSR count). The number of aromatic nitrogens is 1. The second-order valence-electron chi connectivity index (χ2n) is 7.66. The molecule has 0 aliphatic rings. The number of carbonyl (C=O) groups excluding carboxylic acids is 1. The van der Waals surface area contributed by atoms with Gasteiger partial charge in [-0.15, -0.1) is 0 Å². The van der Waals surface area contributed by atoms with Gasteiger partial charge in [-0.1, -0.05) is 18.2 Å². The third kappa shape index (κ3) is 5.55. The zero-order chi connectivity index (χ0) is 20.2. The van der Waals surface area contributed by atoms with Crippen LogP contribution in [0.2, 0.25) is 0 Å². The zero-order valence-electron chi connectivity index (χ0n) is 16.3. The predicted octanol–water partition coefficient (Wildman–Crippen LogP) is 2.73. The van der Waals surface area contributed by atoms with Crippen molar-refractivity contribution in [2.45, 2.75) is 45.8 Å². The monoisotopic (exact) mass is 376 g/mol. The quantitative estimate of drug-likeness (QED) is 0.722. The Labute approximate surface area is 159 Å². The lowest BCUT2D eigenvalue weighted by molar-refractivity contribution is -0.156. The summed E-state index contributed by atoms with van der Waals surface area (Å²) < 4.78 is 6.59. The van der Waals surface area contributed by atoms with Crippen molar-refractivity contribution in [2.75, 3.05) is 19.7 Å². The molecular formula is C20H28N2O5. The molecule has 2 aromatic rings. The van der Waals surface area contributed by atoms with Crippen molar-refractivity contribution >= 4 is 23.0 Å². The van der Waals surface area contributed by atoms with E-state index in [4.69, 9.17) is 4.74 Å². The van der Waals surface area contributed by atoms with Crippen molar-refractivity contribution in [3.05, 3.63) is 36.0 Å². The van der Waals surface area contributed by atoms with Crippen LogP contribution >= 0.6 is 0 Å². The lowest BCUT2D eigenvalue weighted by Crippen LogP contribution is -2.42. The smallest absolute Gasteiger partial charge is 0.416 e. The summed E-state index contributed by atoms with van der Waals surface area (Å²) in [5.74, 6) is -0.351. The Kier molecular flexibility index (Phi) is 6.62. The number of para-hydroxylation sites is 1. The van der Waals surface area contributed by atoms with Gasteiger partial charge in [0.15, 0.2) is 0 Å². The Balaban J connectivity index is 2.20. The molecule has 148 valence electrons. The predicted molar refractivity (Wildman–Crippen MR) is 103 cm³/mol. The van der Waals surface area contributed by atoms with Crippen molar-refractivity contribution < 1.29 is 24.5 Å². The topological polar surface area (TPSA) is 92.0 Å². The molecule has 1 atom stereocenters. The number of rotatable bonds is 7. The highest BCUT2D eigenvalue weighted by Crippen LogP contribution is 2.23. The van der Waals surface area contributed by atoms with Crippen molar-refractivity contribution in [3.63, 3.8) is 0 Å². The summed E-state index contributed by atoms with van der Waals surface area (Å²) in [5.41, 5.74) is 0.945. The molecule has 0 spiro atoms. The van der Waals surface area contributed by atoms with Crippen LogP contribution in [0.4, 0.5) is 4.79 Å². The van der Waals surface area contributed by atoms with Crippen molar-refractivity contribution in [2.24, 2.45) is 0 Å². The van der Waals surface area contributed by atoms with Crippen molar-refractivity contribution in [1.29, 1.82) is 0 Å². The van der Waals surface area contributed by atoms with Gasteiger partial charge in [0.1, 0.15) is 5.60 Å². The maximum absolute atomic E-state index is 12.2. The number of hydrogen-bond donors (Lipinski definition) is 2. The van der Waals surface area contributed by atoms with Crippen LogP contribution in [0, 0.1) is 0 Å². The van der Waals surface area contributed by atoms with Gasteiger partial charge >= 0.3 is 12.1 Å². The summed E-state index contributed by atoms with van der Waals surface area (Å²) in [6.45, 7) is 7.70. The van der Waals surface area contributed by atoms with Crippen LogP contribution < -0.4 is 0 Å². The van der Waals surface area contributed by atoms with Gasteiger partial charge in [-0.05, 0) is 45.7 Å². The molecule has 1 aromatic heterocycles. The van der Waals surface area contributed by atoms with E-state index in [-0.39, 0.29) is 25.2 Å². The summed E-state index contributed by atoms with van der Waals surface area (Å²) in [4.78, 5) is 25.5. The van der Waals surface area contributed by atoms with Gasteiger partial charge in [0.25, 0.3) is 0 Å². The maximum atomic E-state index is 12.2. The van der Waals surface area contributed by atoms with Crippen molar-refractivity contribution in [1.82, 2.24) is 9.47 Å². The second kappa shape index (κ2) is 8.54. The minimum absolute atomic E-state index is 0.0660. The largest absolute Gasteiger partial charge is 0.464 e. The molecule has 1 aromatic carbocycles. The van der Waals surface area contributed by atoms with Crippen LogP contribution in [0.1, 0.15) is 33.3 Å². The molecule has 0 aliphatic heterocycles. The van der Waals surface area contributed by atoms with E-state index in [2.05, 4.69) is 0 Å². The molecule has 0 amide bonds. The molecule has 0 bridgehead atoms. The number of carboxylic acid groups (broad SMARTS) is 1. The molecule has 7 heteroatoms. The molecule has 27 heavy (non-hydrogen) atoms. The number of aliphatic hydroxyl groups is 1. The lowest BCUT2D eigenvalue weighted by atomic mass is 10.0. The van der Waals surface area contributed by atoms with Gasteiger partial charge in [-0.2, -0.15) is 0 Å². The Hall–Kier alpha value is -2.38. The molecule has 0 unspecified atom stereocenters. The van der Waals surface area contributed by atoms with Gasteiger partial charge in [-0.3, -0.25) is 14.3 Å². The number of ether oxygens (including phenoxy) is 1. The third-order valence-corrected chi connectivity index (χ3v) is 4.28. The van der Waals surface area contributed by atoms with Gasteiger partial charge in [-0.25, -0.2) is 4.79 Å². The third-order valence-electron chi connectivity index (χ3n) is 4.28.